The van der Waals surface area contributed by atoms with Gasteiger partial charge >= 0.3 is 5.97 Å². The Labute approximate surface area is 199 Å². The molecule has 0 aliphatic carbocycles. The van der Waals surface area contributed by atoms with Crippen LogP contribution in [-0.2, 0) is 24.0 Å². The summed E-state index contributed by atoms with van der Waals surface area (Å²) in [7, 11) is 1.40. The molecular formula is C21H27N5O7S. The van der Waals surface area contributed by atoms with Crippen molar-refractivity contribution in [2.45, 2.75) is 54.6 Å². The molecule has 3 rings (SSSR count). The van der Waals surface area contributed by atoms with Crippen LogP contribution in [-0.4, -0.2) is 80.0 Å². The summed E-state index contributed by atoms with van der Waals surface area (Å²) in [6.07, 6.45) is -0.299. The van der Waals surface area contributed by atoms with Crippen molar-refractivity contribution in [1.29, 1.82) is 0 Å². The molecule has 0 spiro atoms. The molecule has 1 aromatic carbocycles. The number of β-lactam (4-membered cyclic amide) rings is 1. The maximum atomic E-state index is 13.2. The Morgan fingerprint density at radius 3 is 2.35 bits per heavy atom. The Hall–Kier alpha value is -3.32. The average Bonchev–Trinajstić information content (AvgIpc) is 3.03. The lowest BCUT2D eigenvalue weighted by Crippen LogP contribution is -2.71. The van der Waals surface area contributed by atoms with Crippen molar-refractivity contribution in [3.63, 3.8) is 0 Å². The van der Waals surface area contributed by atoms with Crippen LogP contribution >= 0.6 is 11.8 Å². The summed E-state index contributed by atoms with van der Waals surface area (Å²) in [5.74, 6) is -3.66. The highest BCUT2D eigenvalue weighted by Gasteiger charge is 2.64. The van der Waals surface area contributed by atoms with E-state index in [1.807, 2.05) is 0 Å². The van der Waals surface area contributed by atoms with Gasteiger partial charge in [0.2, 0.25) is 23.6 Å². The van der Waals surface area contributed by atoms with Crippen LogP contribution in [0.4, 0.5) is 0 Å². The van der Waals surface area contributed by atoms with E-state index >= 15 is 0 Å². The topological polar surface area (TPSA) is 191 Å². The van der Waals surface area contributed by atoms with E-state index in [1.165, 1.54) is 48.0 Å². The molecule has 5 atom stereocenters. The van der Waals surface area contributed by atoms with E-state index in [0.29, 0.717) is 5.56 Å². The molecular weight excluding hydrogens is 466 g/mol. The lowest BCUT2D eigenvalue weighted by Gasteiger charge is -2.44. The van der Waals surface area contributed by atoms with Crippen LogP contribution in [0.15, 0.2) is 24.3 Å². The van der Waals surface area contributed by atoms with Crippen molar-refractivity contribution < 1.29 is 34.2 Å². The number of carboxylic acids is 1. The largest absolute Gasteiger partial charge is 0.508 e. The molecule has 2 aliphatic heterocycles. The molecule has 0 aromatic heterocycles. The quantitative estimate of drug-likeness (QED) is 0.238. The summed E-state index contributed by atoms with van der Waals surface area (Å²) >= 11 is 1.27. The zero-order chi connectivity index (χ0) is 25.4. The molecule has 7 N–H and O–H groups in total. The number of carboxylic acid groups (broad SMARTS) is 1. The molecule has 12 nitrogen and oxygen atoms in total. The third-order valence-corrected chi connectivity index (χ3v) is 7.34. The van der Waals surface area contributed by atoms with Crippen molar-refractivity contribution in [3.05, 3.63) is 29.8 Å². The molecule has 1 aromatic rings. The molecule has 0 bridgehead atoms. The summed E-state index contributed by atoms with van der Waals surface area (Å²) in [5.41, 5.74) is 6.09. The Balaban J connectivity index is 1.78. The molecule has 2 fully saturated rings. The van der Waals surface area contributed by atoms with Crippen LogP contribution in [0.1, 0.15) is 31.9 Å². The third-order valence-electron chi connectivity index (χ3n) is 5.77. The number of benzene rings is 1. The highest BCUT2D eigenvalue weighted by molar-refractivity contribution is 8.01. The van der Waals surface area contributed by atoms with Crippen molar-refractivity contribution in [2.75, 3.05) is 7.05 Å². The van der Waals surface area contributed by atoms with Gasteiger partial charge in [-0.2, -0.15) is 0 Å². The second-order valence-electron chi connectivity index (χ2n) is 8.60. The monoisotopic (exact) mass is 493 g/mol. The van der Waals surface area contributed by atoms with Gasteiger partial charge in [-0.3, -0.25) is 19.2 Å². The van der Waals surface area contributed by atoms with Crippen LogP contribution in [0.2, 0.25) is 0 Å². The van der Waals surface area contributed by atoms with Gasteiger partial charge < -0.3 is 36.8 Å². The zero-order valence-electron chi connectivity index (χ0n) is 18.8. The Morgan fingerprint density at radius 1 is 1.18 bits per heavy atom. The summed E-state index contributed by atoms with van der Waals surface area (Å²) in [5, 5.41) is 26.0. The van der Waals surface area contributed by atoms with Gasteiger partial charge in [0.15, 0.2) is 0 Å². The van der Waals surface area contributed by atoms with Gasteiger partial charge in [-0.05, 0) is 31.5 Å². The number of nitrogens with one attached hydrogen (secondary N) is 3. The molecule has 2 heterocycles. The van der Waals surface area contributed by atoms with Crippen LogP contribution in [0.5, 0.6) is 5.75 Å². The Bertz CT molecular complexity index is 1020. The summed E-state index contributed by atoms with van der Waals surface area (Å²) in [6.45, 7) is 3.43. The van der Waals surface area contributed by atoms with Gasteiger partial charge in [0, 0.05) is 11.8 Å². The summed E-state index contributed by atoms with van der Waals surface area (Å²) < 4.78 is -0.761. The predicted molar refractivity (Wildman–Crippen MR) is 121 cm³/mol. The van der Waals surface area contributed by atoms with Crippen molar-refractivity contribution in [3.8, 4) is 5.75 Å². The zero-order valence-corrected chi connectivity index (χ0v) is 19.6. The molecule has 4 amide bonds. The summed E-state index contributed by atoms with van der Waals surface area (Å²) in [6, 6.07) is 0.997. The molecule has 2 saturated heterocycles. The van der Waals surface area contributed by atoms with Crippen LogP contribution < -0.4 is 21.7 Å². The lowest BCUT2D eigenvalue weighted by atomic mass is 9.95. The number of hydrogen-bond acceptors (Lipinski definition) is 8. The van der Waals surface area contributed by atoms with E-state index in [0.717, 1.165) is 0 Å². The molecule has 0 radical (unpaired) electrons. The van der Waals surface area contributed by atoms with Gasteiger partial charge in [-0.25, -0.2) is 4.79 Å². The Kier molecular flexibility index (Phi) is 7.07. The van der Waals surface area contributed by atoms with E-state index < -0.39 is 63.9 Å². The van der Waals surface area contributed by atoms with Crippen molar-refractivity contribution in [1.82, 2.24) is 20.9 Å². The number of hydrogen-bond donors (Lipinski definition) is 6. The number of phenolic OH excluding ortho intramolecular Hbond substituents is 1. The molecule has 13 heteroatoms. The summed E-state index contributed by atoms with van der Waals surface area (Å²) in [4.78, 5) is 62.9. The average molecular weight is 494 g/mol. The number of nitrogens with zero attached hydrogens (tertiary/aromatic N) is 1. The van der Waals surface area contributed by atoms with Gasteiger partial charge in [-0.15, -0.1) is 11.8 Å². The first-order valence-electron chi connectivity index (χ1n) is 10.5. The second-order valence-corrected chi connectivity index (χ2v) is 10.4. The van der Waals surface area contributed by atoms with E-state index in [4.69, 9.17) is 5.73 Å². The van der Waals surface area contributed by atoms with Gasteiger partial charge in [-0.1, -0.05) is 12.1 Å². The molecule has 184 valence electrons. The van der Waals surface area contributed by atoms with E-state index in [1.54, 1.807) is 13.8 Å². The smallest absolute Gasteiger partial charge is 0.327 e. The maximum Gasteiger partial charge on any atom is 0.327 e. The standard InChI is InChI=1S/C21H27N5O7S/c1-21(2)15(20(32)33)26-18(31)14(19(26)34-21)25-17(30)13(9-4-6-10(27)7-5-9)24-16(29)11(22)8-12(28)23-3/h4-7,11,13-15,19,27H,8,22H2,1-3H3,(H,23,28)(H,24,29)(H,25,30)(H,32,33)/t11-,13+,14+,15-,19+/m0/s1. The van der Waals surface area contributed by atoms with Gasteiger partial charge in [0.25, 0.3) is 0 Å². The predicted octanol–water partition coefficient (Wildman–Crippen LogP) is -1.36. The van der Waals surface area contributed by atoms with E-state index in [2.05, 4.69) is 16.0 Å². The molecule has 0 unspecified atom stereocenters. The second kappa shape index (κ2) is 9.50. The minimum absolute atomic E-state index is 0.0559. The minimum atomic E-state index is -1.28. The van der Waals surface area contributed by atoms with Crippen LogP contribution in [0.3, 0.4) is 0 Å². The van der Waals surface area contributed by atoms with E-state index in [9.17, 15) is 34.2 Å². The van der Waals surface area contributed by atoms with Gasteiger partial charge in [0.1, 0.15) is 29.2 Å². The number of aliphatic carboxylic acids is 1. The number of carbonyl (C=O) groups is 5. The van der Waals surface area contributed by atoms with Crippen molar-refractivity contribution >= 4 is 41.4 Å². The highest BCUT2D eigenvalue weighted by Crippen LogP contribution is 2.50. The SMILES string of the molecule is CNC(=O)C[C@H](N)C(=O)N[C@@H](C(=O)N[C@@H]1C(=O)N2[C@@H]1SC(C)(C)[C@@H]2C(=O)O)c1ccc(O)cc1. The number of phenols is 1. The molecule has 2 aliphatic rings. The first-order valence-corrected chi connectivity index (χ1v) is 11.3. The number of rotatable bonds is 8. The fraction of sp³-hybridized carbons (Fsp3) is 0.476. The fourth-order valence-corrected chi connectivity index (χ4v) is 5.62. The Morgan fingerprint density at radius 2 is 1.79 bits per heavy atom. The lowest BCUT2D eigenvalue weighted by molar-refractivity contribution is -0.161. The molecule has 0 saturated carbocycles. The highest BCUT2D eigenvalue weighted by atomic mass is 32.2. The minimum Gasteiger partial charge on any atom is -0.508 e. The molecule has 34 heavy (non-hydrogen) atoms. The van der Waals surface area contributed by atoms with Crippen LogP contribution in [0, 0.1) is 0 Å². The third kappa shape index (κ3) is 4.80. The normalized spacial score (nSPS) is 24.3. The number of nitrogens with two attached hydrogens (primary N) is 1. The first-order chi connectivity index (χ1) is 15.9. The fourth-order valence-electron chi connectivity index (χ4n) is 3.99. The maximum absolute atomic E-state index is 13.2. The van der Waals surface area contributed by atoms with Crippen molar-refractivity contribution in [2.24, 2.45) is 5.73 Å². The number of amides is 4. The number of fused-ring (bicyclic) bond motifs is 1. The van der Waals surface area contributed by atoms with Crippen LogP contribution in [0.25, 0.3) is 0 Å². The number of thioether (sulfide) groups is 1. The first kappa shape index (κ1) is 25.3. The number of aromatic hydroxyl groups is 1. The van der Waals surface area contributed by atoms with E-state index in [-0.39, 0.29) is 12.2 Å². The van der Waals surface area contributed by atoms with Gasteiger partial charge in [0.05, 0.1) is 12.5 Å². The number of carbonyl (C=O) groups excluding carboxylic acids is 4.